The molecule has 1 aliphatic rings. The first-order chi connectivity index (χ1) is 12.7. The number of carbonyl (C=O) groups excluding carboxylic acids is 2. The number of hydrogen-bond donors (Lipinski definition) is 0. The van der Waals surface area contributed by atoms with E-state index in [1.165, 1.54) is 6.26 Å². The number of hydrogen-bond acceptors (Lipinski definition) is 6. The zero-order valence-electron chi connectivity index (χ0n) is 14.7. The molecule has 7 nitrogen and oxygen atoms in total. The van der Waals surface area contributed by atoms with E-state index in [2.05, 4.69) is 0 Å². The second-order valence-corrected chi connectivity index (χ2v) is 6.03. The van der Waals surface area contributed by atoms with Gasteiger partial charge in [0, 0.05) is 32.2 Å². The molecule has 0 N–H and O–H groups in total. The molecule has 7 heteroatoms. The van der Waals surface area contributed by atoms with Gasteiger partial charge in [-0.3, -0.25) is 14.5 Å². The Balaban J connectivity index is 1.42. The minimum Gasteiger partial charge on any atom is -0.497 e. The fraction of sp³-hybridized carbons (Fsp3) is 0.368. The Morgan fingerprint density at radius 2 is 1.85 bits per heavy atom. The molecule has 1 aromatic heterocycles. The van der Waals surface area contributed by atoms with Gasteiger partial charge < -0.3 is 18.8 Å². The summed E-state index contributed by atoms with van der Waals surface area (Å²) >= 11 is 0. The van der Waals surface area contributed by atoms with Crippen LogP contribution in [0.2, 0.25) is 0 Å². The zero-order chi connectivity index (χ0) is 18.4. The largest absolute Gasteiger partial charge is 0.497 e. The van der Waals surface area contributed by atoms with Crippen LogP contribution in [-0.4, -0.2) is 67.9 Å². The first-order valence-electron chi connectivity index (χ1n) is 8.49. The van der Waals surface area contributed by atoms with E-state index in [0.29, 0.717) is 50.0 Å². The van der Waals surface area contributed by atoms with Crippen LogP contribution >= 0.6 is 0 Å². The highest BCUT2D eigenvalue weighted by molar-refractivity contribution is 5.95. The highest BCUT2D eigenvalue weighted by Crippen LogP contribution is 2.19. The summed E-state index contributed by atoms with van der Waals surface area (Å²) in [6, 6.07) is 10.5. The smallest absolute Gasteiger partial charge is 0.260 e. The minimum absolute atomic E-state index is 0.0154. The van der Waals surface area contributed by atoms with Gasteiger partial charge in [-0.15, -0.1) is 0 Å². The van der Waals surface area contributed by atoms with E-state index in [4.69, 9.17) is 13.9 Å². The number of ether oxygens (including phenoxy) is 2. The van der Waals surface area contributed by atoms with Crippen molar-refractivity contribution < 1.29 is 23.5 Å². The van der Waals surface area contributed by atoms with Crippen molar-refractivity contribution in [3.63, 3.8) is 0 Å². The van der Waals surface area contributed by atoms with Gasteiger partial charge in [-0.2, -0.15) is 0 Å². The van der Waals surface area contributed by atoms with Gasteiger partial charge in [0.2, 0.25) is 5.78 Å². The molecule has 2 aromatic rings. The lowest BCUT2D eigenvalue weighted by Gasteiger charge is -2.34. The maximum Gasteiger partial charge on any atom is 0.260 e. The number of rotatable bonds is 7. The standard InChI is InChI=1S/C19H22N2O5/c1-24-15-4-2-5-16(12-15)26-14-19(23)21-9-7-20(8-10-21)13-17(22)18-6-3-11-25-18/h2-6,11-12H,7-10,13-14H2,1H3. The molecule has 1 fully saturated rings. The van der Waals surface area contributed by atoms with Gasteiger partial charge >= 0.3 is 0 Å². The number of carbonyl (C=O) groups is 2. The van der Waals surface area contributed by atoms with Crippen LogP contribution in [0.1, 0.15) is 10.6 Å². The summed E-state index contributed by atoms with van der Waals surface area (Å²) in [6.45, 7) is 2.74. The SMILES string of the molecule is COc1cccc(OCC(=O)N2CCN(CC(=O)c3ccco3)CC2)c1. The summed E-state index contributed by atoms with van der Waals surface area (Å²) in [5.41, 5.74) is 0. The average Bonchev–Trinajstić information content (AvgIpc) is 3.22. The second-order valence-electron chi connectivity index (χ2n) is 6.03. The highest BCUT2D eigenvalue weighted by Gasteiger charge is 2.23. The van der Waals surface area contributed by atoms with E-state index >= 15 is 0 Å². The van der Waals surface area contributed by atoms with Crippen LogP contribution in [0, 0.1) is 0 Å². The van der Waals surface area contributed by atoms with Gasteiger partial charge in [-0.25, -0.2) is 0 Å². The van der Waals surface area contributed by atoms with E-state index in [0.717, 1.165) is 0 Å². The van der Waals surface area contributed by atoms with Crippen molar-refractivity contribution in [3.05, 3.63) is 48.4 Å². The van der Waals surface area contributed by atoms with Crippen LogP contribution < -0.4 is 9.47 Å². The van der Waals surface area contributed by atoms with E-state index in [-0.39, 0.29) is 18.3 Å². The molecule has 0 aliphatic carbocycles. The number of benzene rings is 1. The maximum absolute atomic E-state index is 12.3. The molecule has 138 valence electrons. The van der Waals surface area contributed by atoms with Crippen molar-refractivity contribution in [2.75, 3.05) is 46.4 Å². The van der Waals surface area contributed by atoms with E-state index in [1.807, 2.05) is 17.0 Å². The summed E-state index contributed by atoms with van der Waals surface area (Å²) in [5.74, 6) is 1.54. The summed E-state index contributed by atoms with van der Waals surface area (Å²) in [5, 5.41) is 0. The van der Waals surface area contributed by atoms with Crippen molar-refractivity contribution in [1.82, 2.24) is 9.80 Å². The monoisotopic (exact) mass is 358 g/mol. The Bertz CT molecular complexity index is 736. The third-order valence-electron chi connectivity index (χ3n) is 4.29. The molecule has 2 heterocycles. The number of furan rings is 1. The Morgan fingerprint density at radius 3 is 2.54 bits per heavy atom. The van der Waals surface area contributed by atoms with Gasteiger partial charge in [0.15, 0.2) is 12.4 Å². The highest BCUT2D eigenvalue weighted by atomic mass is 16.5. The Kier molecular flexibility index (Phi) is 5.91. The van der Waals surface area contributed by atoms with Gasteiger partial charge in [-0.05, 0) is 24.3 Å². The summed E-state index contributed by atoms with van der Waals surface area (Å²) in [4.78, 5) is 28.1. The molecular formula is C19H22N2O5. The molecule has 0 spiro atoms. The van der Waals surface area contributed by atoms with Crippen LogP contribution in [0.5, 0.6) is 11.5 Å². The number of ketones is 1. The molecule has 1 aliphatic heterocycles. The predicted octanol–water partition coefficient (Wildman–Crippen LogP) is 1.69. The average molecular weight is 358 g/mol. The van der Waals surface area contributed by atoms with Crippen LogP contribution in [0.15, 0.2) is 47.1 Å². The normalized spacial score (nSPS) is 14.9. The zero-order valence-corrected chi connectivity index (χ0v) is 14.7. The third-order valence-corrected chi connectivity index (χ3v) is 4.29. The maximum atomic E-state index is 12.3. The topological polar surface area (TPSA) is 72.2 Å². The van der Waals surface area contributed by atoms with Crippen LogP contribution in [0.4, 0.5) is 0 Å². The van der Waals surface area contributed by atoms with Gasteiger partial charge in [0.25, 0.3) is 5.91 Å². The van der Waals surface area contributed by atoms with Crippen molar-refractivity contribution in [3.8, 4) is 11.5 Å². The lowest BCUT2D eigenvalue weighted by Crippen LogP contribution is -2.51. The number of amides is 1. The molecule has 0 atom stereocenters. The van der Waals surface area contributed by atoms with Crippen molar-refractivity contribution in [2.24, 2.45) is 0 Å². The van der Waals surface area contributed by atoms with Gasteiger partial charge in [0.1, 0.15) is 11.5 Å². The quantitative estimate of drug-likeness (QED) is 0.702. The lowest BCUT2D eigenvalue weighted by molar-refractivity contribution is -0.135. The van der Waals surface area contributed by atoms with Gasteiger partial charge in [-0.1, -0.05) is 6.07 Å². The molecule has 0 saturated carbocycles. The first kappa shape index (κ1) is 18.0. The Morgan fingerprint density at radius 1 is 1.08 bits per heavy atom. The molecule has 3 rings (SSSR count). The number of nitrogens with zero attached hydrogens (tertiary/aromatic N) is 2. The van der Waals surface area contributed by atoms with Crippen molar-refractivity contribution >= 4 is 11.7 Å². The van der Waals surface area contributed by atoms with Crippen LogP contribution in [-0.2, 0) is 4.79 Å². The number of methoxy groups -OCH3 is 1. The fourth-order valence-electron chi connectivity index (χ4n) is 2.80. The predicted molar refractivity (Wildman–Crippen MR) is 94.5 cm³/mol. The second kappa shape index (κ2) is 8.53. The Labute approximate surface area is 152 Å². The summed E-state index contributed by atoms with van der Waals surface area (Å²) in [6.07, 6.45) is 1.49. The lowest BCUT2D eigenvalue weighted by atomic mass is 10.2. The minimum atomic E-state index is -0.0650. The van der Waals surface area contributed by atoms with Crippen LogP contribution in [0.3, 0.4) is 0 Å². The Hall–Kier alpha value is -2.80. The van der Waals surface area contributed by atoms with Crippen LogP contribution in [0.25, 0.3) is 0 Å². The van der Waals surface area contributed by atoms with Gasteiger partial charge in [0.05, 0.1) is 19.9 Å². The molecule has 0 bridgehead atoms. The van der Waals surface area contributed by atoms with E-state index in [1.54, 1.807) is 36.3 Å². The van der Waals surface area contributed by atoms with Crippen molar-refractivity contribution in [2.45, 2.75) is 0 Å². The summed E-state index contributed by atoms with van der Waals surface area (Å²) < 4.78 is 15.8. The number of piperazine rings is 1. The third kappa shape index (κ3) is 4.64. The summed E-state index contributed by atoms with van der Waals surface area (Å²) in [7, 11) is 1.58. The van der Waals surface area contributed by atoms with E-state index in [9.17, 15) is 9.59 Å². The molecule has 26 heavy (non-hydrogen) atoms. The molecule has 1 amide bonds. The molecule has 1 saturated heterocycles. The molecular weight excluding hydrogens is 336 g/mol. The molecule has 0 unspecified atom stereocenters. The van der Waals surface area contributed by atoms with Crippen molar-refractivity contribution in [1.29, 1.82) is 0 Å². The van der Waals surface area contributed by atoms with E-state index < -0.39 is 0 Å². The molecule has 1 aromatic carbocycles. The number of Topliss-reactive ketones (excluding diaryl/α,β-unsaturated/α-hetero) is 1. The fourth-order valence-corrected chi connectivity index (χ4v) is 2.80. The first-order valence-corrected chi connectivity index (χ1v) is 8.49. The molecule has 0 radical (unpaired) electrons.